The Morgan fingerprint density at radius 3 is 2.47 bits per heavy atom. The van der Waals surface area contributed by atoms with Gasteiger partial charge in [0, 0.05) is 10.7 Å². The predicted molar refractivity (Wildman–Crippen MR) is 75.1 cm³/mol. The monoisotopic (exact) mass is 276 g/mol. The minimum Gasteiger partial charge on any atom is -0.325 e. The summed E-state index contributed by atoms with van der Waals surface area (Å²) in [5.74, 6) is -0.0317. The van der Waals surface area contributed by atoms with Crippen molar-refractivity contribution in [2.45, 2.75) is 26.3 Å². The highest BCUT2D eigenvalue weighted by atomic mass is 35.5. The summed E-state index contributed by atoms with van der Waals surface area (Å²) in [5.41, 5.74) is 0.763. The fourth-order valence-corrected chi connectivity index (χ4v) is 1.36. The molecule has 1 atom stereocenters. The van der Waals surface area contributed by atoms with Gasteiger partial charge in [-0.1, -0.05) is 18.5 Å². The molecule has 5 heteroatoms. The molecule has 17 heavy (non-hydrogen) atoms. The fourth-order valence-electron chi connectivity index (χ4n) is 1.24. The van der Waals surface area contributed by atoms with Crippen LogP contribution in [0.4, 0.5) is 5.69 Å². The molecular formula is C12H18Cl2N2O. The summed E-state index contributed by atoms with van der Waals surface area (Å²) in [7, 11) is 0. The van der Waals surface area contributed by atoms with Gasteiger partial charge in [0.05, 0.1) is 6.04 Å². The summed E-state index contributed by atoms with van der Waals surface area (Å²) < 4.78 is 0. The Bertz CT molecular complexity index is 341. The van der Waals surface area contributed by atoms with Gasteiger partial charge in [-0.3, -0.25) is 4.79 Å². The first-order valence-corrected chi connectivity index (χ1v) is 5.81. The maximum atomic E-state index is 11.7. The van der Waals surface area contributed by atoms with E-state index < -0.39 is 0 Å². The Balaban J connectivity index is 0.00000256. The van der Waals surface area contributed by atoms with Crippen LogP contribution in [-0.4, -0.2) is 18.5 Å². The molecule has 96 valence electrons. The lowest BCUT2D eigenvalue weighted by molar-refractivity contribution is -0.117. The first kappa shape index (κ1) is 16.2. The molecular weight excluding hydrogens is 259 g/mol. The third kappa shape index (κ3) is 5.91. The van der Waals surface area contributed by atoms with Crippen LogP contribution in [0.3, 0.4) is 0 Å². The van der Waals surface area contributed by atoms with Crippen LogP contribution in [-0.2, 0) is 4.79 Å². The van der Waals surface area contributed by atoms with Crippen molar-refractivity contribution in [2.24, 2.45) is 0 Å². The van der Waals surface area contributed by atoms with Gasteiger partial charge in [-0.2, -0.15) is 0 Å². The first-order valence-electron chi connectivity index (χ1n) is 5.43. The van der Waals surface area contributed by atoms with E-state index >= 15 is 0 Å². The first-order chi connectivity index (χ1) is 7.63. The molecule has 0 saturated heterocycles. The zero-order chi connectivity index (χ0) is 12.0. The highest BCUT2D eigenvalue weighted by molar-refractivity contribution is 6.30. The number of anilines is 1. The normalized spacial score (nSPS) is 11.5. The lowest BCUT2D eigenvalue weighted by Crippen LogP contribution is -2.38. The van der Waals surface area contributed by atoms with Crippen LogP contribution in [0.2, 0.25) is 5.02 Å². The van der Waals surface area contributed by atoms with Crippen LogP contribution in [0.25, 0.3) is 0 Å². The maximum Gasteiger partial charge on any atom is 0.241 e. The number of hydrogen-bond acceptors (Lipinski definition) is 2. The topological polar surface area (TPSA) is 41.1 Å². The molecule has 1 aromatic carbocycles. The predicted octanol–water partition coefficient (Wildman–Crippen LogP) is 3.09. The molecule has 0 saturated carbocycles. The van der Waals surface area contributed by atoms with E-state index in [1.54, 1.807) is 24.3 Å². The van der Waals surface area contributed by atoms with Gasteiger partial charge in [0.15, 0.2) is 0 Å². The molecule has 3 nitrogen and oxygen atoms in total. The molecule has 0 aromatic heterocycles. The van der Waals surface area contributed by atoms with Gasteiger partial charge in [0.25, 0.3) is 0 Å². The third-order valence-electron chi connectivity index (χ3n) is 2.21. The second-order valence-corrected chi connectivity index (χ2v) is 4.11. The Labute approximate surface area is 113 Å². The van der Waals surface area contributed by atoms with Crippen molar-refractivity contribution in [3.63, 3.8) is 0 Å². The van der Waals surface area contributed by atoms with Crippen molar-refractivity contribution in [1.29, 1.82) is 0 Å². The number of benzene rings is 1. The molecule has 0 radical (unpaired) electrons. The minimum absolute atomic E-state index is 0. The summed E-state index contributed by atoms with van der Waals surface area (Å²) in [5, 5.41) is 6.61. The number of carbonyl (C=O) groups excluding carboxylic acids is 1. The second-order valence-electron chi connectivity index (χ2n) is 3.67. The summed E-state index contributed by atoms with van der Waals surface area (Å²) in [6.07, 6.45) is 1.01. The quantitative estimate of drug-likeness (QED) is 0.868. The molecule has 0 spiro atoms. The zero-order valence-corrected chi connectivity index (χ0v) is 11.6. The van der Waals surface area contributed by atoms with E-state index in [-0.39, 0.29) is 24.4 Å². The average molecular weight is 277 g/mol. The number of carbonyl (C=O) groups is 1. The van der Waals surface area contributed by atoms with E-state index in [0.29, 0.717) is 5.02 Å². The van der Waals surface area contributed by atoms with Crippen molar-refractivity contribution in [1.82, 2.24) is 5.32 Å². The van der Waals surface area contributed by atoms with Gasteiger partial charge in [0.2, 0.25) is 5.91 Å². The molecule has 1 unspecified atom stereocenters. The van der Waals surface area contributed by atoms with E-state index in [0.717, 1.165) is 18.7 Å². The molecule has 0 heterocycles. The second kappa shape index (κ2) is 8.34. The van der Waals surface area contributed by atoms with Crippen LogP contribution in [0.1, 0.15) is 20.3 Å². The van der Waals surface area contributed by atoms with Crippen molar-refractivity contribution < 1.29 is 4.79 Å². The van der Waals surface area contributed by atoms with Gasteiger partial charge >= 0.3 is 0 Å². The molecule has 2 N–H and O–H groups in total. The standard InChI is InChI=1S/C12H17ClN2O.ClH/c1-3-8-14-9(2)12(16)15-11-6-4-10(13)5-7-11;/h4-7,9,14H,3,8H2,1-2H3,(H,15,16);1H. The minimum atomic E-state index is -0.185. The number of halogens is 2. The Hall–Kier alpha value is -0.770. The fraction of sp³-hybridized carbons (Fsp3) is 0.417. The van der Waals surface area contributed by atoms with Crippen LogP contribution in [0, 0.1) is 0 Å². The number of nitrogens with one attached hydrogen (secondary N) is 2. The molecule has 1 aromatic rings. The summed E-state index contributed by atoms with van der Waals surface area (Å²) in [6.45, 7) is 4.76. The van der Waals surface area contributed by atoms with E-state index in [4.69, 9.17) is 11.6 Å². The molecule has 1 amide bonds. The Kier molecular flexibility index (Phi) is 7.96. The zero-order valence-electron chi connectivity index (χ0n) is 10.00. The van der Waals surface area contributed by atoms with Gasteiger partial charge in [-0.15, -0.1) is 12.4 Å². The van der Waals surface area contributed by atoms with Gasteiger partial charge in [-0.05, 0) is 44.2 Å². The molecule has 0 bridgehead atoms. The SMILES string of the molecule is CCCNC(C)C(=O)Nc1ccc(Cl)cc1.Cl. The Morgan fingerprint density at radius 1 is 1.35 bits per heavy atom. The summed E-state index contributed by atoms with van der Waals surface area (Å²) in [4.78, 5) is 11.7. The van der Waals surface area contributed by atoms with E-state index in [2.05, 4.69) is 17.6 Å². The van der Waals surface area contributed by atoms with Crippen molar-refractivity contribution in [3.8, 4) is 0 Å². The van der Waals surface area contributed by atoms with Gasteiger partial charge in [0.1, 0.15) is 0 Å². The largest absolute Gasteiger partial charge is 0.325 e. The highest BCUT2D eigenvalue weighted by Gasteiger charge is 2.11. The van der Waals surface area contributed by atoms with Crippen LogP contribution in [0.15, 0.2) is 24.3 Å². The lowest BCUT2D eigenvalue weighted by Gasteiger charge is -2.13. The number of amides is 1. The van der Waals surface area contributed by atoms with E-state index in [9.17, 15) is 4.79 Å². The van der Waals surface area contributed by atoms with Crippen molar-refractivity contribution >= 4 is 35.6 Å². The lowest BCUT2D eigenvalue weighted by atomic mass is 10.2. The molecule has 1 rings (SSSR count). The highest BCUT2D eigenvalue weighted by Crippen LogP contribution is 2.13. The average Bonchev–Trinajstić information content (AvgIpc) is 2.29. The van der Waals surface area contributed by atoms with E-state index in [1.165, 1.54) is 0 Å². The molecule has 0 aliphatic heterocycles. The number of rotatable bonds is 5. The van der Waals surface area contributed by atoms with Gasteiger partial charge < -0.3 is 10.6 Å². The Morgan fingerprint density at radius 2 is 1.94 bits per heavy atom. The molecule has 0 aliphatic rings. The number of hydrogen-bond donors (Lipinski definition) is 2. The van der Waals surface area contributed by atoms with Crippen LogP contribution in [0.5, 0.6) is 0 Å². The van der Waals surface area contributed by atoms with Gasteiger partial charge in [-0.25, -0.2) is 0 Å². The van der Waals surface area contributed by atoms with Crippen LogP contribution < -0.4 is 10.6 Å². The third-order valence-corrected chi connectivity index (χ3v) is 2.46. The summed E-state index contributed by atoms with van der Waals surface area (Å²) >= 11 is 5.75. The summed E-state index contributed by atoms with van der Waals surface area (Å²) in [6, 6.07) is 6.89. The molecule has 0 fully saturated rings. The van der Waals surface area contributed by atoms with E-state index in [1.807, 2.05) is 6.92 Å². The smallest absolute Gasteiger partial charge is 0.241 e. The van der Waals surface area contributed by atoms with Crippen LogP contribution >= 0.6 is 24.0 Å². The van der Waals surface area contributed by atoms with Crippen molar-refractivity contribution in [3.05, 3.63) is 29.3 Å². The molecule has 0 aliphatic carbocycles. The maximum absolute atomic E-state index is 11.7. The van der Waals surface area contributed by atoms with Crippen molar-refractivity contribution in [2.75, 3.05) is 11.9 Å².